The number of nitrogens with one attached hydrogen (secondary N) is 1. The number of carbonyl (C=O) groups is 1. The van der Waals surface area contributed by atoms with Gasteiger partial charge < -0.3 is 15.8 Å². The van der Waals surface area contributed by atoms with Gasteiger partial charge in [-0.2, -0.15) is 13.2 Å². The van der Waals surface area contributed by atoms with Crippen LogP contribution in [0, 0.1) is 0 Å². The van der Waals surface area contributed by atoms with Gasteiger partial charge in [0.05, 0.1) is 5.54 Å². The molecule has 1 heterocycles. The Labute approximate surface area is 126 Å². The zero-order valence-corrected chi connectivity index (χ0v) is 12.0. The SMILES string of the molecule is NC1(C(=O)NC(Cc2ccccc2)C(F)(F)F)CCOCC1. The van der Waals surface area contributed by atoms with Gasteiger partial charge in [-0.1, -0.05) is 30.3 Å². The van der Waals surface area contributed by atoms with E-state index in [9.17, 15) is 18.0 Å². The van der Waals surface area contributed by atoms with Gasteiger partial charge in [0.1, 0.15) is 6.04 Å². The first-order valence-corrected chi connectivity index (χ1v) is 7.09. The van der Waals surface area contributed by atoms with Gasteiger partial charge in [-0.15, -0.1) is 0 Å². The molecule has 0 saturated carbocycles. The summed E-state index contributed by atoms with van der Waals surface area (Å²) in [5, 5.41) is 2.07. The van der Waals surface area contributed by atoms with Gasteiger partial charge in [-0.25, -0.2) is 0 Å². The van der Waals surface area contributed by atoms with E-state index in [0.29, 0.717) is 5.56 Å². The number of carbonyl (C=O) groups excluding carboxylic acids is 1. The number of hydrogen-bond acceptors (Lipinski definition) is 3. The standard InChI is InChI=1S/C15H19F3N2O2/c16-15(17,18)12(10-11-4-2-1-3-5-11)20-13(21)14(19)6-8-22-9-7-14/h1-5,12H,6-10,19H2,(H,20,21). The van der Waals surface area contributed by atoms with E-state index in [2.05, 4.69) is 5.32 Å². The highest BCUT2D eigenvalue weighted by molar-refractivity contribution is 5.86. The zero-order valence-electron chi connectivity index (χ0n) is 12.0. The van der Waals surface area contributed by atoms with Crippen molar-refractivity contribution in [2.75, 3.05) is 13.2 Å². The lowest BCUT2D eigenvalue weighted by molar-refractivity contribution is -0.164. The minimum absolute atomic E-state index is 0.217. The molecule has 2 rings (SSSR count). The average Bonchev–Trinajstić information content (AvgIpc) is 2.47. The van der Waals surface area contributed by atoms with Crippen molar-refractivity contribution in [3.05, 3.63) is 35.9 Å². The molecule has 1 aliphatic rings. The van der Waals surface area contributed by atoms with E-state index in [-0.39, 0.29) is 32.5 Å². The van der Waals surface area contributed by atoms with Crippen molar-refractivity contribution in [2.24, 2.45) is 5.73 Å². The maximum atomic E-state index is 13.2. The van der Waals surface area contributed by atoms with Gasteiger partial charge in [0.25, 0.3) is 0 Å². The van der Waals surface area contributed by atoms with Crippen molar-refractivity contribution >= 4 is 5.91 Å². The monoisotopic (exact) mass is 316 g/mol. The summed E-state index contributed by atoms with van der Waals surface area (Å²) in [6, 6.07) is 6.28. The molecule has 1 aliphatic heterocycles. The first-order chi connectivity index (χ1) is 10.3. The Bertz CT molecular complexity index is 499. The summed E-state index contributed by atoms with van der Waals surface area (Å²) < 4.78 is 44.6. The van der Waals surface area contributed by atoms with Crippen LogP contribution in [0.3, 0.4) is 0 Å². The Morgan fingerprint density at radius 3 is 2.41 bits per heavy atom. The van der Waals surface area contributed by atoms with E-state index >= 15 is 0 Å². The third-order valence-corrected chi connectivity index (χ3v) is 3.82. The second-order valence-electron chi connectivity index (χ2n) is 5.53. The van der Waals surface area contributed by atoms with Crippen molar-refractivity contribution in [2.45, 2.75) is 37.0 Å². The fourth-order valence-electron chi connectivity index (χ4n) is 2.36. The van der Waals surface area contributed by atoms with E-state index in [0.717, 1.165) is 0 Å². The molecule has 1 atom stereocenters. The minimum Gasteiger partial charge on any atom is -0.381 e. The van der Waals surface area contributed by atoms with Gasteiger partial charge in [0, 0.05) is 19.6 Å². The molecule has 122 valence electrons. The summed E-state index contributed by atoms with van der Waals surface area (Å²) in [5.41, 5.74) is 5.14. The van der Waals surface area contributed by atoms with Gasteiger partial charge in [-0.05, 0) is 18.4 Å². The molecule has 4 nitrogen and oxygen atoms in total. The smallest absolute Gasteiger partial charge is 0.381 e. The maximum absolute atomic E-state index is 13.2. The molecular formula is C15H19F3N2O2. The molecule has 0 aliphatic carbocycles. The number of amides is 1. The fraction of sp³-hybridized carbons (Fsp3) is 0.533. The van der Waals surface area contributed by atoms with Crippen LogP contribution in [0.2, 0.25) is 0 Å². The summed E-state index contributed by atoms with van der Waals surface area (Å²) in [6.45, 7) is 0.554. The Hall–Kier alpha value is -1.60. The molecule has 22 heavy (non-hydrogen) atoms. The van der Waals surface area contributed by atoms with Crippen LogP contribution in [-0.4, -0.2) is 36.9 Å². The molecule has 0 radical (unpaired) electrons. The van der Waals surface area contributed by atoms with Crippen LogP contribution in [0.25, 0.3) is 0 Å². The zero-order chi connectivity index (χ0) is 16.2. The highest BCUT2D eigenvalue weighted by atomic mass is 19.4. The van der Waals surface area contributed by atoms with Crippen molar-refractivity contribution in [1.82, 2.24) is 5.32 Å². The molecule has 3 N–H and O–H groups in total. The molecule has 7 heteroatoms. The molecule has 0 spiro atoms. The highest BCUT2D eigenvalue weighted by Gasteiger charge is 2.44. The van der Waals surface area contributed by atoms with Crippen LogP contribution in [0.4, 0.5) is 13.2 Å². The van der Waals surface area contributed by atoms with E-state index in [1.54, 1.807) is 30.3 Å². The van der Waals surface area contributed by atoms with E-state index < -0.39 is 23.7 Å². The lowest BCUT2D eigenvalue weighted by Gasteiger charge is -2.34. The lowest BCUT2D eigenvalue weighted by Crippen LogP contribution is -2.61. The Morgan fingerprint density at radius 1 is 1.27 bits per heavy atom. The van der Waals surface area contributed by atoms with Gasteiger partial charge in [0.15, 0.2) is 0 Å². The lowest BCUT2D eigenvalue weighted by atomic mass is 9.89. The Kier molecular flexibility index (Phi) is 5.08. The number of nitrogens with two attached hydrogens (primary N) is 1. The van der Waals surface area contributed by atoms with Crippen molar-refractivity contribution < 1.29 is 22.7 Å². The van der Waals surface area contributed by atoms with Crippen LogP contribution in [-0.2, 0) is 16.0 Å². The minimum atomic E-state index is -4.53. The van der Waals surface area contributed by atoms with E-state index in [1.807, 2.05) is 0 Å². The first kappa shape index (κ1) is 16.8. The summed E-state index contributed by atoms with van der Waals surface area (Å²) in [7, 11) is 0. The normalized spacial score (nSPS) is 19.5. The third-order valence-electron chi connectivity index (χ3n) is 3.82. The number of hydrogen-bond donors (Lipinski definition) is 2. The molecule has 1 amide bonds. The largest absolute Gasteiger partial charge is 0.408 e. The topological polar surface area (TPSA) is 64.4 Å². The average molecular weight is 316 g/mol. The van der Waals surface area contributed by atoms with Crippen LogP contribution in [0.5, 0.6) is 0 Å². The summed E-state index contributed by atoms with van der Waals surface area (Å²) in [6.07, 6.45) is -4.42. The second-order valence-corrected chi connectivity index (χ2v) is 5.53. The second kappa shape index (κ2) is 6.66. The quantitative estimate of drug-likeness (QED) is 0.890. The van der Waals surface area contributed by atoms with Crippen molar-refractivity contribution in [1.29, 1.82) is 0 Å². The molecule has 0 bridgehead atoms. The van der Waals surface area contributed by atoms with Gasteiger partial charge >= 0.3 is 6.18 Å². The fourth-order valence-corrected chi connectivity index (χ4v) is 2.36. The molecule has 1 saturated heterocycles. The van der Waals surface area contributed by atoms with Gasteiger partial charge in [0.2, 0.25) is 5.91 Å². The molecule has 1 unspecified atom stereocenters. The number of rotatable bonds is 4. The van der Waals surface area contributed by atoms with Crippen molar-refractivity contribution in [3.63, 3.8) is 0 Å². The van der Waals surface area contributed by atoms with Crippen LogP contribution in [0.15, 0.2) is 30.3 Å². The van der Waals surface area contributed by atoms with E-state index in [4.69, 9.17) is 10.5 Å². The van der Waals surface area contributed by atoms with Crippen LogP contribution in [0.1, 0.15) is 18.4 Å². The number of ether oxygens (including phenoxy) is 1. The maximum Gasteiger partial charge on any atom is 0.408 e. The summed E-state index contributed by atoms with van der Waals surface area (Å²) in [4.78, 5) is 12.2. The third kappa shape index (κ3) is 4.20. The predicted octanol–water partition coefficient (Wildman–Crippen LogP) is 1.78. The Balaban J connectivity index is 2.08. The van der Waals surface area contributed by atoms with Crippen LogP contribution < -0.4 is 11.1 Å². The predicted molar refractivity (Wildman–Crippen MR) is 75.1 cm³/mol. The highest BCUT2D eigenvalue weighted by Crippen LogP contribution is 2.25. The molecule has 1 aromatic carbocycles. The molecule has 0 aromatic heterocycles. The summed E-state index contributed by atoms with van der Waals surface area (Å²) in [5.74, 6) is -0.769. The van der Waals surface area contributed by atoms with Crippen LogP contribution >= 0.6 is 0 Å². The number of benzene rings is 1. The Morgan fingerprint density at radius 2 is 1.86 bits per heavy atom. The summed E-state index contributed by atoms with van der Waals surface area (Å²) >= 11 is 0. The molecule has 1 aromatic rings. The molecule has 1 fully saturated rings. The number of alkyl halides is 3. The molecular weight excluding hydrogens is 297 g/mol. The van der Waals surface area contributed by atoms with Crippen molar-refractivity contribution in [3.8, 4) is 0 Å². The van der Waals surface area contributed by atoms with Gasteiger partial charge in [-0.3, -0.25) is 4.79 Å². The number of halogens is 3. The first-order valence-electron chi connectivity index (χ1n) is 7.09. The van der Waals surface area contributed by atoms with E-state index in [1.165, 1.54) is 0 Å².